The van der Waals surface area contributed by atoms with Crippen molar-refractivity contribution in [3.05, 3.63) is 65.6 Å². The number of hydrogen-bond acceptors (Lipinski definition) is 22. The number of carboxylic acids is 4. The number of sulfonamides is 1. The molecular formula is C63H101N15O18S. The summed E-state index contributed by atoms with van der Waals surface area (Å²) >= 11 is 0. The predicted octanol–water partition coefficient (Wildman–Crippen LogP) is 0.377. The molecule has 97 heavy (non-hydrogen) atoms. The summed E-state index contributed by atoms with van der Waals surface area (Å²) in [5.41, 5.74) is 7.46. The van der Waals surface area contributed by atoms with E-state index in [1.165, 1.54) is 0 Å². The van der Waals surface area contributed by atoms with Crippen LogP contribution in [0.3, 0.4) is 0 Å². The molecule has 3 heterocycles. The number of aromatic amines is 1. The minimum atomic E-state index is -4.30. The van der Waals surface area contributed by atoms with Crippen molar-refractivity contribution >= 4 is 74.4 Å². The summed E-state index contributed by atoms with van der Waals surface area (Å²) in [7, 11) is -4.30. The van der Waals surface area contributed by atoms with E-state index in [0.29, 0.717) is 147 Å². The van der Waals surface area contributed by atoms with Crippen LogP contribution in [0.2, 0.25) is 0 Å². The summed E-state index contributed by atoms with van der Waals surface area (Å²) in [6, 6.07) is 5.70. The number of carbonyl (C=O) groups is 8. The Hall–Kier alpha value is -7.93. The van der Waals surface area contributed by atoms with Gasteiger partial charge in [-0.2, -0.15) is 9.82 Å². The highest BCUT2D eigenvalue weighted by molar-refractivity contribution is 7.89. The van der Waals surface area contributed by atoms with Gasteiger partial charge >= 0.3 is 23.9 Å². The second kappa shape index (κ2) is 45.6. The number of rotatable bonds is 44. The van der Waals surface area contributed by atoms with Crippen molar-refractivity contribution in [2.45, 2.75) is 103 Å². The zero-order valence-electron chi connectivity index (χ0n) is 56.2. The van der Waals surface area contributed by atoms with Crippen molar-refractivity contribution in [3.8, 4) is 5.75 Å². The van der Waals surface area contributed by atoms with Crippen molar-refractivity contribution < 1.29 is 86.1 Å². The summed E-state index contributed by atoms with van der Waals surface area (Å²) < 4.78 is 52.6. The molecule has 0 spiro atoms. The minimum absolute atomic E-state index is 0.0556. The first-order chi connectivity index (χ1) is 46.5. The van der Waals surface area contributed by atoms with Crippen molar-refractivity contribution in [2.75, 3.05) is 163 Å². The molecule has 0 bridgehead atoms. The Bertz CT molecular complexity index is 3120. The number of aromatic nitrogens is 4. The van der Waals surface area contributed by atoms with Crippen LogP contribution in [0.25, 0.3) is 10.9 Å². The van der Waals surface area contributed by atoms with E-state index < -0.39 is 64.3 Å². The Morgan fingerprint density at radius 3 is 1.81 bits per heavy atom. The largest absolute Gasteiger partial charge is 0.494 e. The fourth-order valence-electron chi connectivity index (χ4n) is 10.2. The molecule has 2 aromatic heterocycles. The highest BCUT2D eigenvalue weighted by Crippen LogP contribution is 2.26. The summed E-state index contributed by atoms with van der Waals surface area (Å²) in [6.07, 6.45) is 9.79. The van der Waals surface area contributed by atoms with E-state index in [1.807, 2.05) is 23.4 Å². The van der Waals surface area contributed by atoms with Gasteiger partial charge in [0.15, 0.2) is 5.95 Å². The first-order valence-electron chi connectivity index (χ1n) is 32.8. The smallest absolute Gasteiger partial charge is 0.323 e. The van der Waals surface area contributed by atoms with Gasteiger partial charge in [0.1, 0.15) is 17.8 Å². The number of carboxylic acid groups (broad SMARTS) is 4. The van der Waals surface area contributed by atoms with E-state index in [0.717, 1.165) is 23.7 Å². The lowest BCUT2D eigenvalue weighted by atomic mass is 10.1. The number of nitrogens with zero attached hydrogens (tertiary/aromatic N) is 7. The lowest BCUT2D eigenvalue weighted by molar-refractivity contribution is -0.140. The van der Waals surface area contributed by atoms with Gasteiger partial charge < -0.3 is 76.7 Å². The molecule has 0 radical (unpaired) electrons. The molecule has 1 aliphatic rings. The van der Waals surface area contributed by atoms with E-state index >= 15 is 0 Å². The number of nitrogens with two attached hydrogens (primary N) is 1. The fraction of sp³-hybridized carbons (Fsp3) is 0.619. The molecular weight excluding hydrogens is 1290 g/mol. The van der Waals surface area contributed by atoms with Crippen LogP contribution < -0.4 is 41.8 Å². The second-order valence-electron chi connectivity index (χ2n) is 23.0. The molecule has 33 nitrogen and oxygen atoms in total. The van der Waals surface area contributed by atoms with E-state index in [4.69, 9.17) is 24.7 Å². The predicted molar refractivity (Wildman–Crippen MR) is 359 cm³/mol. The summed E-state index contributed by atoms with van der Waals surface area (Å²) in [5.74, 6) is -4.75. The molecule has 2 aromatic carbocycles. The maximum atomic E-state index is 13.3. The number of nitrogens with one attached hydrogen (secondary N) is 7. The monoisotopic (exact) mass is 1390 g/mol. The molecule has 1 aliphatic heterocycles. The van der Waals surface area contributed by atoms with Gasteiger partial charge in [-0.15, -0.1) is 0 Å². The quantitative estimate of drug-likeness (QED) is 0.0266. The third kappa shape index (κ3) is 32.8. The van der Waals surface area contributed by atoms with Crippen LogP contribution in [0.5, 0.6) is 5.75 Å². The summed E-state index contributed by atoms with van der Waals surface area (Å²) in [5, 5.41) is 57.3. The number of hydrogen-bond donors (Lipinski definition) is 12. The zero-order chi connectivity index (χ0) is 71.0. The van der Waals surface area contributed by atoms with Crippen molar-refractivity contribution in [3.63, 3.8) is 0 Å². The third-order valence-corrected chi connectivity index (χ3v) is 16.9. The Labute approximate surface area is 566 Å². The number of aliphatic carboxylic acids is 4. The number of benzene rings is 2. The van der Waals surface area contributed by atoms with Gasteiger partial charge in [-0.3, -0.25) is 62.6 Å². The number of fused-ring (bicyclic) bond motifs is 1. The molecule has 4 amide bonds. The van der Waals surface area contributed by atoms with Gasteiger partial charge in [0.25, 0.3) is 5.91 Å². The zero-order valence-corrected chi connectivity index (χ0v) is 57.0. The third-order valence-electron chi connectivity index (χ3n) is 15.1. The van der Waals surface area contributed by atoms with Gasteiger partial charge in [0.2, 0.25) is 27.7 Å². The van der Waals surface area contributed by atoms with Gasteiger partial charge in [0.05, 0.1) is 75.8 Å². The average molecular weight is 1390 g/mol. The first kappa shape index (κ1) is 81.5. The highest BCUT2D eigenvalue weighted by atomic mass is 32.2. The number of carbonyl (C=O) groups excluding carboxylic acids is 4. The molecule has 0 aliphatic carbocycles. The van der Waals surface area contributed by atoms with Gasteiger partial charge in [-0.1, -0.05) is 6.92 Å². The van der Waals surface area contributed by atoms with Crippen LogP contribution in [0.4, 0.5) is 5.95 Å². The Balaban J connectivity index is 0.000000412. The Morgan fingerprint density at radius 1 is 0.660 bits per heavy atom. The maximum Gasteiger partial charge on any atom is 0.323 e. The summed E-state index contributed by atoms with van der Waals surface area (Å²) in [4.78, 5) is 111. The lowest BCUT2D eigenvalue weighted by Crippen LogP contribution is -2.52. The number of H-pyrrole nitrogens is 1. The molecule has 1 unspecified atom stereocenters. The fourth-order valence-corrected chi connectivity index (χ4v) is 11.8. The second-order valence-corrected chi connectivity index (χ2v) is 24.7. The average Bonchev–Trinajstić information content (AvgIpc) is 1.71. The highest BCUT2D eigenvalue weighted by Gasteiger charge is 2.30. The first-order valence-corrected chi connectivity index (χ1v) is 34.3. The lowest BCUT2D eigenvalue weighted by Gasteiger charge is -2.33. The number of aryl methyl sites for hydroxylation is 3. The van der Waals surface area contributed by atoms with Crippen LogP contribution >= 0.6 is 0 Å². The number of ether oxygens (including phenoxy) is 4. The number of anilines is 1. The van der Waals surface area contributed by atoms with E-state index in [-0.39, 0.29) is 94.3 Å². The van der Waals surface area contributed by atoms with Crippen LogP contribution in [-0.2, 0) is 64.3 Å². The van der Waals surface area contributed by atoms with E-state index in [1.54, 1.807) is 77.5 Å². The maximum absolute atomic E-state index is 13.3. The van der Waals surface area contributed by atoms with Gasteiger partial charge in [0, 0.05) is 128 Å². The topological polar surface area (TPSA) is 446 Å². The van der Waals surface area contributed by atoms with Crippen LogP contribution in [0.1, 0.15) is 86.7 Å². The van der Waals surface area contributed by atoms with Crippen LogP contribution in [0.15, 0.2) is 53.8 Å². The van der Waals surface area contributed by atoms with E-state index in [2.05, 4.69) is 46.4 Å². The SMILES string of the molecule is CCCNC(=O)CCCOc1cc(C)c(S(=O)(=O)NC(CNC(=O)c2ccc3c(cnn3CCCNc3ncc[nH]3)c2)C(=O)O)c(C)c1.CCOCCOCCOCCCNC(=O)[C@@H](CCCCN)NC(=O)CN1CCN(CC(=O)O)CCN(CC(=O)O)CCN(CC(=O)O)CC1. The van der Waals surface area contributed by atoms with Crippen molar-refractivity contribution in [2.24, 2.45) is 5.73 Å². The molecule has 2 atom stereocenters. The summed E-state index contributed by atoms with van der Waals surface area (Å²) in [6.45, 7) is 14.0. The van der Waals surface area contributed by atoms with Crippen LogP contribution in [0, 0.1) is 13.8 Å². The molecule has 542 valence electrons. The molecule has 13 N–H and O–H groups in total. The Kier molecular flexibility index (Phi) is 38.3. The van der Waals surface area contributed by atoms with Gasteiger partial charge in [-0.25, -0.2) is 13.4 Å². The molecule has 4 aromatic rings. The molecule has 1 saturated heterocycles. The Morgan fingerprint density at radius 2 is 1.26 bits per heavy atom. The number of imidazole rings is 1. The number of unbranched alkanes of at least 4 members (excludes halogenated alkanes) is 1. The van der Waals surface area contributed by atoms with Crippen LogP contribution in [-0.4, -0.2) is 285 Å². The normalized spacial score (nSPS) is 14.4. The van der Waals surface area contributed by atoms with Gasteiger partial charge in [-0.05, 0) is 114 Å². The van der Waals surface area contributed by atoms with E-state index in [9.17, 15) is 67.2 Å². The molecule has 5 rings (SSSR count). The molecule has 1 fully saturated rings. The standard InChI is InChI=1S/C32H42N8O7S.C31H59N7O11/c1-4-10-33-28(41)7-5-15-47-25-16-21(2)29(22(3)17-25)48(45,46)39-26(31(43)44)20-37-30(42)23-8-9-27-24(18-23)19-38-40(27)14-6-11-34-32-35-12-13-36-32;1-2-47-18-19-49-21-20-48-17-5-8-33-31(46)26(6-3-4-7-32)34-27(39)22-35-9-11-36(23-28(40)41)13-15-38(25-30(44)45)16-14-37(12-10-35)24-29(42)43/h8-9,12-13,16-19,26,39H,4-7,10-11,14-15,20H2,1-3H3,(H,33,41)(H,37,42)(H,43,44)(H2,34,35,36);26H,2-25,32H2,1H3,(H,33,46)(H,34,39)(H,40,41)(H,42,43)(H,44,45)/t;26-/m.1/s1. The van der Waals surface area contributed by atoms with Crippen molar-refractivity contribution in [1.82, 2.24) is 65.3 Å². The number of amides is 4. The molecule has 34 heteroatoms. The molecule has 0 saturated carbocycles. The van der Waals surface area contributed by atoms with Crippen molar-refractivity contribution in [1.29, 1.82) is 0 Å². The minimum Gasteiger partial charge on any atom is -0.494 e.